The van der Waals surface area contributed by atoms with Crippen molar-refractivity contribution in [3.63, 3.8) is 0 Å². The number of morpholine rings is 1. The summed E-state index contributed by atoms with van der Waals surface area (Å²) in [6, 6.07) is 18.6. The first kappa shape index (κ1) is 16.9. The van der Waals surface area contributed by atoms with Crippen molar-refractivity contribution < 1.29 is 13.9 Å². The third kappa shape index (κ3) is 3.81. The van der Waals surface area contributed by atoms with E-state index in [9.17, 15) is 4.79 Å². The van der Waals surface area contributed by atoms with E-state index in [-0.39, 0.29) is 12.0 Å². The molecule has 26 heavy (non-hydrogen) atoms. The summed E-state index contributed by atoms with van der Waals surface area (Å²) in [7, 11) is 0. The molecular formula is C22H23NO3. The number of ether oxygens (including phenoxy) is 1. The molecule has 2 aromatic carbocycles. The van der Waals surface area contributed by atoms with E-state index in [1.165, 1.54) is 16.3 Å². The molecule has 2 heterocycles. The third-order valence-corrected chi connectivity index (χ3v) is 4.98. The molecule has 3 aromatic rings. The van der Waals surface area contributed by atoms with Gasteiger partial charge in [0.15, 0.2) is 0 Å². The van der Waals surface area contributed by atoms with Crippen molar-refractivity contribution in [2.24, 2.45) is 0 Å². The van der Waals surface area contributed by atoms with Gasteiger partial charge in [0.05, 0.1) is 19.0 Å². The topological polar surface area (TPSA) is 42.7 Å². The number of fused-ring (bicyclic) bond motifs is 1. The minimum Gasteiger partial charge on any atom is -0.469 e. The highest BCUT2D eigenvalue weighted by molar-refractivity contribution is 5.85. The first-order chi connectivity index (χ1) is 12.8. The first-order valence-corrected chi connectivity index (χ1v) is 9.18. The molecule has 0 N–H and O–H groups in total. The zero-order valence-corrected chi connectivity index (χ0v) is 14.8. The van der Waals surface area contributed by atoms with Gasteiger partial charge in [0, 0.05) is 32.4 Å². The molecule has 1 amide bonds. The Kier molecular flexibility index (Phi) is 5.02. The Hall–Kier alpha value is -2.59. The lowest BCUT2D eigenvalue weighted by Crippen LogP contribution is -2.46. The maximum atomic E-state index is 12.5. The second kappa shape index (κ2) is 7.75. The first-order valence-electron chi connectivity index (χ1n) is 9.18. The monoisotopic (exact) mass is 349 g/mol. The normalized spacial score (nSPS) is 17.5. The van der Waals surface area contributed by atoms with Crippen LogP contribution in [-0.2, 0) is 22.4 Å². The Labute approximate surface area is 153 Å². The second-order valence-corrected chi connectivity index (χ2v) is 6.75. The largest absolute Gasteiger partial charge is 0.469 e. The summed E-state index contributed by atoms with van der Waals surface area (Å²) in [6.07, 6.45) is 3.64. The number of nitrogens with zero attached hydrogens (tertiary/aromatic N) is 1. The standard InChI is InChI=1S/C22H23NO3/c24-22(11-10-19-8-4-13-25-19)23-12-14-26-20(16-23)15-18-7-3-6-17-5-1-2-9-21(17)18/h1-9,13,20H,10-12,14-16H2/t20-/m1/s1. The van der Waals surface area contributed by atoms with Crippen molar-refractivity contribution in [2.75, 3.05) is 19.7 Å². The van der Waals surface area contributed by atoms with Crippen molar-refractivity contribution in [1.82, 2.24) is 4.90 Å². The van der Waals surface area contributed by atoms with E-state index < -0.39 is 0 Å². The van der Waals surface area contributed by atoms with Gasteiger partial charge in [-0.2, -0.15) is 0 Å². The molecule has 0 unspecified atom stereocenters. The van der Waals surface area contributed by atoms with Crippen LogP contribution in [0.3, 0.4) is 0 Å². The van der Waals surface area contributed by atoms with E-state index in [2.05, 4.69) is 42.5 Å². The van der Waals surface area contributed by atoms with Crippen molar-refractivity contribution in [3.05, 3.63) is 72.2 Å². The van der Waals surface area contributed by atoms with Crippen LogP contribution in [0, 0.1) is 0 Å². The summed E-state index contributed by atoms with van der Waals surface area (Å²) < 4.78 is 11.3. The third-order valence-electron chi connectivity index (χ3n) is 4.98. The Bertz CT molecular complexity index is 867. The van der Waals surface area contributed by atoms with Gasteiger partial charge in [-0.1, -0.05) is 42.5 Å². The van der Waals surface area contributed by atoms with Gasteiger partial charge in [-0.25, -0.2) is 0 Å². The average Bonchev–Trinajstić information content (AvgIpc) is 3.20. The van der Waals surface area contributed by atoms with E-state index in [0.29, 0.717) is 32.5 Å². The Morgan fingerprint density at radius 1 is 1.08 bits per heavy atom. The van der Waals surface area contributed by atoms with Gasteiger partial charge in [-0.3, -0.25) is 4.79 Å². The molecule has 1 atom stereocenters. The number of hydrogen-bond acceptors (Lipinski definition) is 3. The fourth-order valence-electron chi connectivity index (χ4n) is 3.63. The minimum atomic E-state index is 0.0436. The van der Waals surface area contributed by atoms with Gasteiger partial charge >= 0.3 is 0 Å². The number of aryl methyl sites for hydroxylation is 1. The highest BCUT2D eigenvalue weighted by atomic mass is 16.5. The molecule has 1 saturated heterocycles. The van der Waals surface area contributed by atoms with Crippen molar-refractivity contribution in [2.45, 2.75) is 25.4 Å². The van der Waals surface area contributed by atoms with Crippen LogP contribution in [0.4, 0.5) is 0 Å². The quantitative estimate of drug-likeness (QED) is 0.703. The number of carbonyl (C=O) groups is 1. The molecule has 0 bridgehead atoms. The van der Waals surface area contributed by atoms with Crippen molar-refractivity contribution in [1.29, 1.82) is 0 Å². The Morgan fingerprint density at radius 3 is 2.85 bits per heavy atom. The molecule has 0 saturated carbocycles. The van der Waals surface area contributed by atoms with Gasteiger partial charge in [-0.05, 0) is 28.5 Å². The molecule has 0 aliphatic carbocycles. The number of carbonyl (C=O) groups excluding carboxylic acids is 1. The average molecular weight is 349 g/mol. The summed E-state index contributed by atoms with van der Waals surface area (Å²) in [5.41, 5.74) is 1.28. The van der Waals surface area contributed by atoms with Crippen LogP contribution in [-0.4, -0.2) is 36.6 Å². The molecule has 134 valence electrons. The zero-order valence-electron chi connectivity index (χ0n) is 14.8. The molecule has 1 aliphatic rings. The second-order valence-electron chi connectivity index (χ2n) is 6.75. The summed E-state index contributed by atoms with van der Waals surface area (Å²) in [5.74, 6) is 1.03. The van der Waals surface area contributed by atoms with Crippen LogP contribution in [0.2, 0.25) is 0 Å². The van der Waals surface area contributed by atoms with Gasteiger partial charge in [0.1, 0.15) is 5.76 Å². The number of benzene rings is 2. The SMILES string of the molecule is O=C(CCc1ccco1)N1CCO[C@H](Cc2cccc3ccccc23)C1. The van der Waals surface area contributed by atoms with E-state index in [4.69, 9.17) is 9.15 Å². The van der Waals surface area contributed by atoms with Crippen LogP contribution in [0.5, 0.6) is 0 Å². The molecular weight excluding hydrogens is 326 g/mol. The van der Waals surface area contributed by atoms with Crippen LogP contribution < -0.4 is 0 Å². The van der Waals surface area contributed by atoms with E-state index in [1.807, 2.05) is 17.0 Å². The smallest absolute Gasteiger partial charge is 0.223 e. The molecule has 1 aromatic heterocycles. The van der Waals surface area contributed by atoms with Crippen LogP contribution in [0.1, 0.15) is 17.7 Å². The predicted octanol–water partition coefficient (Wildman–Crippen LogP) is 3.84. The van der Waals surface area contributed by atoms with E-state index in [1.54, 1.807) is 6.26 Å². The van der Waals surface area contributed by atoms with Gasteiger partial charge in [0.25, 0.3) is 0 Å². The highest BCUT2D eigenvalue weighted by Gasteiger charge is 2.24. The van der Waals surface area contributed by atoms with Gasteiger partial charge < -0.3 is 14.1 Å². The van der Waals surface area contributed by atoms with Crippen molar-refractivity contribution >= 4 is 16.7 Å². The number of amides is 1. The fourth-order valence-corrected chi connectivity index (χ4v) is 3.63. The molecule has 1 aliphatic heterocycles. The maximum absolute atomic E-state index is 12.5. The molecule has 1 fully saturated rings. The lowest BCUT2D eigenvalue weighted by Gasteiger charge is -2.33. The molecule has 4 rings (SSSR count). The Morgan fingerprint density at radius 2 is 1.96 bits per heavy atom. The van der Waals surface area contributed by atoms with Crippen LogP contribution >= 0.6 is 0 Å². The van der Waals surface area contributed by atoms with E-state index in [0.717, 1.165) is 12.2 Å². The van der Waals surface area contributed by atoms with Crippen LogP contribution in [0.25, 0.3) is 10.8 Å². The zero-order chi connectivity index (χ0) is 17.8. The molecule has 0 radical (unpaired) electrons. The minimum absolute atomic E-state index is 0.0436. The Balaban J connectivity index is 1.39. The van der Waals surface area contributed by atoms with Gasteiger partial charge in [-0.15, -0.1) is 0 Å². The van der Waals surface area contributed by atoms with Crippen LogP contribution in [0.15, 0.2) is 65.3 Å². The van der Waals surface area contributed by atoms with Crippen molar-refractivity contribution in [3.8, 4) is 0 Å². The summed E-state index contributed by atoms with van der Waals surface area (Å²) in [5, 5.41) is 2.51. The van der Waals surface area contributed by atoms with Gasteiger partial charge in [0.2, 0.25) is 5.91 Å². The summed E-state index contributed by atoms with van der Waals surface area (Å²) in [6.45, 7) is 1.92. The highest BCUT2D eigenvalue weighted by Crippen LogP contribution is 2.22. The molecule has 4 nitrogen and oxygen atoms in total. The summed E-state index contributed by atoms with van der Waals surface area (Å²) >= 11 is 0. The predicted molar refractivity (Wildman–Crippen MR) is 101 cm³/mol. The fraction of sp³-hybridized carbons (Fsp3) is 0.318. The summed E-state index contributed by atoms with van der Waals surface area (Å²) in [4.78, 5) is 14.5. The lowest BCUT2D eigenvalue weighted by molar-refractivity contribution is -0.138. The van der Waals surface area contributed by atoms with E-state index >= 15 is 0 Å². The molecule has 4 heteroatoms. The number of hydrogen-bond donors (Lipinski definition) is 0. The molecule has 0 spiro atoms. The number of furan rings is 1. The lowest BCUT2D eigenvalue weighted by atomic mass is 9.99. The maximum Gasteiger partial charge on any atom is 0.223 e. The number of rotatable bonds is 5.